The molecule has 154 valence electrons. The fourth-order valence-corrected chi connectivity index (χ4v) is 2.99. The van der Waals surface area contributed by atoms with Crippen LogP contribution in [0, 0.1) is 6.92 Å². The van der Waals surface area contributed by atoms with E-state index in [1.807, 2.05) is 73.7 Å². The summed E-state index contributed by atoms with van der Waals surface area (Å²) in [5.41, 5.74) is 3.32. The van der Waals surface area contributed by atoms with Crippen LogP contribution in [0.4, 0.5) is 0 Å². The van der Waals surface area contributed by atoms with Crippen molar-refractivity contribution in [2.24, 2.45) is 0 Å². The minimum Gasteiger partial charge on any atom is -0.485 e. The minimum atomic E-state index is -0.387. The molecule has 0 spiro atoms. The van der Waals surface area contributed by atoms with Crippen LogP contribution < -0.4 is 9.47 Å². The van der Waals surface area contributed by atoms with E-state index >= 15 is 0 Å². The Hall–Kier alpha value is -3.31. The Morgan fingerprint density at radius 3 is 1.97 bits per heavy atom. The van der Waals surface area contributed by atoms with Crippen LogP contribution in [0.3, 0.4) is 0 Å². The van der Waals surface area contributed by atoms with Crippen LogP contribution in [0.1, 0.15) is 27.0 Å². The number of carbonyl (C=O) groups is 1. The summed E-state index contributed by atoms with van der Waals surface area (Å²) in [6.45, 7) is 3.55. The highest BCUT2D eigenvalue weighted by atomic mass is 16.6. The van der Waals surface area contributed by atoms with Crippen molar-refractivity contribution in [1.82, 2.24) is 0 Å². The topological polar surface area (TPSA) is 57.3 Å². The lowest BCUT2D eigenvalue weighted by Gasteiger charge is -2.16. The molecular formula is C25H24O5. The van der Waals surface area contributed by atoms with Gasteiger partial charge in [0, 0.05) is 0 Å². The summed E-state index contributed by atoms with van der Waals surface area (Å²) in [6, 6.07) is 23.3. The first-order valence-electron chi connectivity index (χ1n) is 9.96. The molecule has 0 saturated carbocycles. The Kier molecular flexibility index (Phi) is 6.30. The molecule has 0 aliphatic carbocycles. The maximum absolute atomic E-state index is 12.5. The van der Waals surface area contributed by atoms with Crippen molar-refractivity contribution in [1.29, 1.82) is 0 Å². The Morgan fingerprint density at radius 2 is 1.43 bits per heavy atom. The molecule has 1 atom stereocenters. The van der Waals surface area contributed by atoms with Crippen LogP contribution in [0.15, 0.2) is 72.8 Å². The molecule has 1 aliphatic rings. The highest BCUT2D eigenvalue weighted by Gasteiger charge is 2.25. The van der Waals surface area contributed by atoms with E-state index in [1.165, 1.54) is 0 Å². The molecule has 0 radical (unpaired) electrons. The number of carbonyl (C=O) groups excluding carboxylic acids is 1. The standard InChI is InChI=1S/C25H24O5/c1-18-12-23(28-14-19-8-4-2-5-9-19)24(29-15-20-10-6-3-7-11-20)13-22(18)25(26)30-17-21-16-27-21/h2-13,21H,14-17H2,1H3. The number of ether oxygens (including phenoxy) is 4. The van der Waals surface area contributed by atoms with Crippen molar-refractivity contribution in [2.75, 3.05) is 13.2 Å². The predicted octanol–water partition coefficient (Wildman–Crippen LogP) is 4.71. The molecule has 0 amide bonds. The van der Waals surface area contributed by atoms with Gasteiger partial charge in [0.05, 0.1) is 12.2 Å². The molecule has 3 aromatic rings. The van der Waals surface area contributed by atoms with Crippen molar-refractivity contribution in [3.63, 3.8) is 0 Å². The van der Waals surface area contributed by atoms with Gasteiger partial charge in [-0.1, -0.05) is 60.7 Å². The zero-order valence-electron chi connectivity index (χ0n) is 16.9. The zero-order valence-corrected chi connectivity index (χ0v) is 16.9. The van der Waals surface area contributed by atoms with Crippen LogP contribution in [0.2, 0.25) is 0 Å². The zero-order chi connectivity index (χ0) is 20.8. The highest BCUT2D eigenvalue weighted by Crippen LogP contribution is 2.33. The summed E-state index contributed by atoms with van der Waals surface area (Å²) in [6.07, 6.45) is 0.0246. The fraction of sp³-hybridized carbons (Fsp3) is 0.240. The average Bonchev–Trinajstić information content (AvgIpc) is 3.61. The number of aryl methyl sites for hydroxylation is 1. The molecule has 0 N–H and O–H groups in total. The van der Waals surface area contributed by atoms with Gasteiger partial charge < -0.3 is 18.9 Å². The molecule has 3 aromatic carbocycles. The van der Waals surface area contributed by atoms with Gasteiger partial charge in [0.2, 0.25) is 0 Å². The number of benzene rings is 3. The first-order chi connectivity index (χ1) is 14.7. The molecule has 1 fully saturated rings. The van der Waals surface area contributed by atoms with Gasteiger partial charge in [0.25, 0.3) is 0 Å². The van der Waals surface area contributed by atoms with E-state index in [1.54, 1.807) is 6.07 Å². The SMILES string of the molecule is Cc1cc(OCc2ccccc2)c(OCc2ccccc2)cc1C(=O)OCC1CO1. The normalized spacial score (nSPS) is 14.8. The third-order valence-corrected chi connectivity index (χ3v) is 4.79. The summed E-state index contributed by atoms with van der Waals surface area (Å²) in [7, 11) is 0. The van der Waals surface area contributed by atoms with Gasteiger partial charge in [-0.15, -0.1) is 0 Å². The molecule has 5 heteroatoms. The second kappa shape index (κ2) is 9.46. The number of hydrogen-bond acceptors (Lipinski definition) is 5. The predicted molar refractivity (Wildman–Crippen MR) is 113 cm³/mol. The third kappa shape index (κ3) is 5.39. The van der Waals surface area contributed by atoms with Crippen molar-refractivity contribution in [2.45, 2.75) is 26.2 Å². The van der Waals surface area contributed by atoms with E-state index in [9.17, 15) is 4.79 Å². The van der Waals surface area contributed by atoms with E-state index in [2.05, 4.69) is 0 Å². The van der Waals surface area contributed by atoms with Gasteiger partial charge in [-0.25, -0.2) is 4.79 Å². The quantitative estimate of drug-likeness (QED) is 0.382. The van der Waals surface area contributed by atoms with Crippen LogP contribution in [-0.2, 0) is 22.7 Å². The summed E-state index contributed by atoms with van der Waals surface area (Å²) in [5.74, 6) is 0.714. The van der Waals surface area contributed by atoms with Crippen molar-refractivity contribution < 1.29 is 23.7 Å². The van der Waals surface area contributed by atoms with E-state index in [-0.39, 0.29) is 18.7 Å². The average molecular weight is 404 g/mol. The molecule has 0 aromatic heterocycles. The van der Waals surface area contributed by atoms with Gasteiger partial charge in [-0.2, -0.15) is 0 Å². The number of epoxide rings is 1. The van der Waals surface area contributed by atoms with E-state index in [0.29, 0.717) is 36.9 Å². The van der Waals surface area contributed by atoms with Gasteiger partial charge in [-0.05, 0) is 35.7 Å². The Bertz CT molecular complexity index is 981. The molecule has 1 unspecified atom stereocenters. The lowest BCUT2D eigenvalue weighted by Crippen LogP contribution is -2.12. The van der Waals surface area contributed by atoms with E-state index < -0.39 is 0 Å². The van der Waals surface area contributed by atoms with Crippen molar-refractivity contribution in [3.8, 4) is 11.5 Å². The first kappa shape index (κ1) is 20.0. The molecule has 5 nitrogen and oxygen atoms in total. The van der Waals surface area contributed by atoms with Crippen LogP contribution in [-0.4, -0.2) is 25.3 Å². The Labute approximate surface area is 176 Å². The molecule has 30 heavy (non-hydrogen) atoms. The Morgan fingerprint density at radius 1 is 0.900 bits per heavy atom. The number of esters is 1. The molecule has 1 heterocycles. The maximum Gasteiger partial charge on any atom is 0.338 e. The van der Waals surface area contributed by atoms with Crippen molar-refractivity contribution in [3.05, 3.63) is 95.1 Å². The summed E-state index contributed by atoms with van der Waals surface area (Å²) in [5, 5.41) is 0. The van der Waals surface area contributed by atoms with Gasteiger partial charge in [0.15, 0.2) is 11.5 Å². The smallest absolute Gasteiger partial charge is 0.338 e. The highest BCUT2D eigenvalue weighted by molar-refractivity contribution is 5.92. The van der Waals surface area contributed by atoms with E-state index in [4.69, 9.17) is 18.9 Å². The second-order valence-corrected chi connectivity index (χ2v) is 7.22. The van der Waals surface area contributed by atoms with Crippen molar-refractivity contribution >= 4 is 5.97 Å². The molecule has 1 aliphatic heterocycles. The lowest BCUT2D eigenvalue weighted by atomic mass is 10.1. The summed E-state index contributed by atoms with van der Waals surface area (Å²) >= 11 is 0. The molecule has 0 bridgehead atoms. The second-order valence-electron chi connectivity index (χ2n) is 7.22. The molecule has 4 rings (SSSR count). The number of rotatable bonds is 9. The number of hydrogen-bond donors (Lipinski definition) is 0. The van der Waals surface area contributed by atoms with Crippen LogP contribution >= 0.6 is 0 Å². The minimum absolute atomic E-state index is 0.0246. The Balaban J connectivity index is 1.54. The monoisotopic (exact) mass is 404 g/mol. The van der Waals surface area contributed by atoms with Crippen LogP contribution in [0.5, 0.6) is 11.5 Å². The largest absolute Gasteiger partial charge is 0.485 e. The first-order valence-corrected chi connectivity index (χ1v) is 9.96. The summed E-state index contributed by atoms with van der Waals surface area (Å²) < 4.78 is 22.5. The lowest BCUT2D eigenvalue weighted by molar-refractivity contribution is 0.0475. The third-order valence-electron chi connectivity index (χ3n) is 4.79. The van der Waals surface area contributed by atoms with Crippen LogP contribution in [0.25, 0.3) is 0 Å². The molecule has 1 saturated heterocycles. The molecular weight excluding hydrogens is 380 g/mol. The maximum atomic E-state index is 12.5. The fourth-order valence-electron chi connectivity index (χ4n) is 2.99. The summed E-state index contributed by atoms with van der Waals surface area (Å²) in [4.78, 5) is 12.5. The van der Waals surface area contributed by atoms with E-state index in [0.717, 1.165) is 16.7 Å². The van der Waals surface area contributed by atoms with Gasteiger partial charge in [-0.3, -0.25) is 0 Å². The van der Waals surface area contributed by atoms with Gasteiger partial charge >= 0.3 is 5.97 Å². The van der Waals surface area contributed by atoms with Gasteiger partial charge in [0.1, 0.15) is 25.9 Å².